The van der Waals surface area contributed by atoms with Crippen LogP contribution < -0.4 is 14.8 Å². The third-order valence-electron chi connectivity index (χ3n) is 7.29. The van der Waals surface area contributed by atoms with Gasteiger partial charge < -0.3 is 24.8 Å². The van der Waals surface area contributed by atoms with Crippen molar-refractivity contribution in [3.05, 3.63) is 77.4 Å². The van der Waals surface area contributed by atoms with E-state index in [0.717, 1.165) is 6.07 Å². The van der Waals surface area contributed by atoms with Gasteiger partial charge >= 0.3 is 12.4 Å². The first-order chi connectivity index (χ1) is 21.9. The molecule has 2 heterocycles. The van der Waals surface area contributed by atoms with Gasteiger partial charge in [-0.25, -0.2) is 0 Å². The number of carbonyl (C=O) groups excluding carboxylic acids is 2. The third-order valence-corrected chi connectivity index (χ3v) is 7.29. The van der Waals surface area contributed by atoms with Crippen molar-refractivity contribution in [3.63, 3.8) is 0 Å². The molecule has 47 heavy (non-hydrogen) atoms. The summed E-state index contributed by atoms with van der Waals surface area (Å²) in [5.74, 6) is 0.222. The van der Waals surface area contributed by atoms with E-state index in [-0.39, 0.29) is 42.6 Å². The van der Waals surface area contributed by atoms with E-state index in [9.17, 15) is 41.0 Å². The van der Waals surface area contributed by atoms with Crippen molar-refractivity contribution >= 4 is 12.3 Å². The van der Waals surface area contributed by atoms with E-state index in [1.165, 1.54) is 30.3 Å². The summed E-state index contributed by atoms with van der Waals surface area (Å²) in [5, 5.41) is 12.3. The quantitative estimate of drug-likeness (QED) is 0.160. The van der Waals surface area contributed by atoms with Gasteiger partial charge in [0.1, 0.15) is 17.2 Å². The van der Waals surface area contributed by atoms with Gasteiger partial charge in [0, 0.05) is 31.3 Å². The summed E-state index contributed by atoms with van der Waals surface area (Å²) in [6.07, 6.45) is -8.16. The van der Waals surface area contributed by atoms with Crippen molar-refractivity contribution in [2.75, 3.05) is 13.6 Å². The molecule has 0 radical (unpaired) electrons. The maximum atomic E-state index is 13.4. The van der Waals surface area contributed by atoms with E-state index in [1.54, 1.807) is 32.2 Å². The van der Waals surface area contributed by atoms with Crippen molar-refractivity contribution in [2.24, 2.45) is 0 Å². The van der Waals surface area contributed by atoms with Gasteiger partial charge in [0.15, 0.2) is 5.54 Å². The zero-order chi connectivity index (χ0) is 35.2. The van der Waals surface area contributed by atoms with Crippen molar-refractivity contribution < 1.29 is 50.5 Å². The number of nitrogens with one attached hydrogen (secondary N) is 1. The van der Waals surface area contributed by atoms with Gasteiger partial charge in [0.05, 0.1) is 24.2 Å². The monoisotopic (exact) mass is 670 g/mol. The minimum absolute atomic E-state index is 0.00144. The number of nitrogens with zero attached hydrogens (tertiary/aromatic N) is 3. The molecular weight excluding hydrogens is 634 g/mol. The van der Waals surface area contributed by atoms with E-state index in [2.05, 4.69) is 15.3 Å². The van der Waals surface area contributed by atoms with Crippen molar-refractivity contribution in [2.45, 2.75) is 76.6 Å². The average Bonchev–Trinajstić information content (AvgIpc) is 2.99. The molecule has 0 saturated carbocycles. The minimum atomic E-state index is -6.01. The standard InChI is InChI=1S/C32H36F6N4O5/c1-6-7-21-16-22(30(45,31(33,34)35)32(36,37)38)8-12-26(21)47-25-10-9-23(39-17-25)14-15-42(5)28(44)29(4,41-19-43)27-13-11-24(18-40-27)46-20(2)3/h8-13,16-20,45H,6-7,14-15H2,1-5H3,(H,41,43). The van der Waals surface area contributed by atoms with Crippen LogP contribution in [-0.2, 0) is 33.6 Å². The Balaban J connectivity index is 1.73. The van der Waals surface area contributed by atoms with Crippen LogP contribution in [-0.4, -0.2) is 64.3 Å². The van der Waals surface area contributed by atoms with Crippen LogP contribution in [0.25, 0.3) is 0 Å². The fourth-order valence-electron chi connectivity index (χ4n) is 4.75. The number of aliphatic hydroxyl groups is 1. The molecule has 256 valence electrons. The summed E-state index contributed by atoms with van der Waals surface area (Å²) >= 11 is 0. The first-order valence-corrected chi connectivity index (χ1v) is 14.6. The molecule has 0 aliphatic carbocycles. The van der Waals surface area contributed by atoms with E-state index in [4.69, 9.17) is 9.47 Å². The normalized spacial score (nSPS) is 13.6. The van der Waals surface area contributed by atoms with Crippen LogP contribution in [0.2, 0.25) is 0 Å². The number of carbonyl (C=O) groups is 2. The Morgan fingerprint density at radius 2 is 1.62 bits per heavy atom. The van der Waals surface area contributed by atoms with E-state index >= 15 is 0 Å². The third kappa shape index (κ3) is 8.31. The van der Waals surface area contributed by atoms with Crippen LogP contribution >= 0.6 is 0 Å². The number of amides is 2. The predicted molar refractivity (Wildman–Crippen MR) is 159 cm³/mol. The Morgan fingerprint density at radius 1 is 0.979 bits per heavy atom. The zero-order valence-corrected chi connectivity index (χ0v) is 26.4. The molecule has 1 unspecified atom stereocenters. The number of alkyl halides is 6. The molecule has 3 aromatic rings. The highest BCUT2D eigenvalue weighted by Crippen LogP contribution is 2.50. The molecule has 2 N–H and O–H groups in total. The lowest BCUT2D eigenvalue weighted by Crippen LogP contribution is -2.53. The van der Waals surface area contributed by atoms with Crippen LogP contribution in [0.3, 0.4) is 0 Å². The van der Waals surface area contributed by atoms with Crippen LogP contribution in [0.5, 0.6) is 17.2 Å². The van der Waals surface area contributed by atoms with Crippen LogP contribution in [0.15, 0.2) is 54.9 Å². The molecule has 2 amide bonds. The molecule has 0 aliphatic rings. The molecule has 15 heteroatoms. The Morgan fingerprint density at radius 3 is 2.13 bits per heavy atom. The van der Waals surface area contributed by atoms with Gasteiger partial charge in [-0.15, -0.1) is 0 Å². The first-order valence-electron chi connectivity index (χ1n) is 14.6. The van der Waals surface area contributed by atoms with Gasteiger partial charge in [-0.05, 0) is 69.2 Å². The molecule has 3 rings (SSSR count). The molecule has 0 saturated heterocycles. The number of halogens is 6. The van der Waals surface area contributed by atoms with Crippen molar-refractivity contribution in [1.29, 1.82) is 0 Å². The molecule has 0 spiro atoms. The summed E-state index contributed by atoms with van der Waals surface area (Å²) in [7, 11) is 1.55. The highest BCUT2D eigenvalue weighted by Gasteiger charge is 2.71. The Bertz CT molecular complexity index is 1500. The first kappa shape index (κ1) is 37.1. The van der Waals surface area contributed by atoms with Gasteiger partial charge in [0.2, 0.25) is 6.41 Å². The van der Waals surface area contributed by atoms with Gasteiger partial charge in [-0.1, -0.05) is 19.4 Å². The number of ether oxygens (including phenoxy) is 2. The van der Waals surface area contributed by atoms with Gasteiger partial charge in [-0.3, -0.25) is 19.6 Å². The number of benzene rings is 1. The van der Waals surface area contributed by atoms with E-state index < -0.39 is 35.0 Å². The Hall–Kier alpha value is -4.40. The predicted octanol–water partition coefficient (Wildman–Crippen LogP) is 5.98. The molecule has 9 nitrogen and oxygen atoms in total. The topological polar surface area (TPSA) is 114 Å². The van der Waals surface area contributed by atoms with E-state index in [0.29, 0.717) is 42.1 Å². The number of pyridine rings is 2. The molecule has 2 aromatic heterocycles. The van der Waals surface area contributed by atoms with Crippen LogP contribution in [0.4, 0.5) is 26.3 Å². The minimum Gasteiger partial charge on any atom is -0.489 e. The average molecular weight is 671 g/mol. The lowest BCUT2D eigenvalue weighted by atomic mass is 9.90. The molecule has 1 atom stereocenters. The second-order valence-corrected chi connectivity index (χ2v) is 11.3. The summed E-state index contributed by atoms with van der Waals surface area (Å²) in [4.78, 5) is 34.9. The molecule has 0 fully saturated rings. The maximum absolute atomic E-state index is 13.4. The van der Waals surface area contributed by atoms with Crippen LogP contribution in [0.1, 0.15) is 56.6 Å². The van der Waals surface area contributed by atoms with Crippen molar-refractivity contribution in [3.8, 4) is 17.2 Å². The summed E-state index contributed by atoms with van der Waals surface area (Å²) in [5.41, 5.74) is -7.02. The highest BCUT2D eigenvalue weighted by atomic mass is 19.4. The lowest BCUT2D eigenvalue weighted by molar-refractivity contribution is -0.376. The summed E-state index contributed by atoms with van der Waals surface area (Å²) in [6.45, 7) is 7.12. The highest BCUT2D eigenvalue weighted by molar-refractivity contribution is 5.88. The summed E-state index contributed by atoms with van der Waals surface area (Å²) < 4.78 is 91.8. The second-order valence-electron chi connectivity index (χ2n) is 11.3. The molecule has 0 aliphatic heterocycles. The SMILES string of the molecule is CCCc1cc(C(O)(C(F)(F)F)C(F)(F)F)ccc1Oc1ccc(CCN(C)C(=O)C(C)(NC=O)c2ccc(OC(C)C)cn2)nc1. The van der Waals surface area contributed by atoms with Crippen LogP contribution in [0, 0.1) is 0 Å². The number of hydrogen-bond acceptors (Lipinski definition) is 7. The fourth-order valence-corrected chi connectivity index (χ4v) is 4.75. The molecule has 1 aromatic carbocycles. The smallest absolute Gasteiger partial charge is 0.430 e. The number of aryl methyl sites for hydroxylation is 1. The number of rotatable bonds is 14. The number of aromatic nitrogens is 2. The van der Waals surface area contributed by atoms with Gasteiger partial charge in [-0.2, -0.15) is 26.3 Å². The van der Waals surface area contributed by atoms with Crippen molar-refractivity contribution in [1.82, 2.24) is 20.2 Å². The largest absolute Gasteiger partial charge is 0.489 e. The zero-order valence-electron chi connectivity index (χ0n) is 26.4. The summed E-state index contributed by atoms with van der Waals surface area (Å²) in [6, 6.07) is 8.46. The van der Waals surface area contributed by atoms with Gasteiger partial charge in [0.25, 0.3) is 11.5 Å². The number of likely N-dealkylation sites (N-methyl/N-ethyl adjacent to an activating group) is 1. The lowest BCUT2D eigenvalue weighted by Gasteiger charge is -2.33. The van der Waals surface area contributed by atoms with E-state index in [1.807, 2.05) is 13.8 Å². The maximum Gasteiger partial charge on any atom is 0.430 e. The Labute approximate surface area is 267 Å². The fraction of sp³-hybridized carbons (Fsp3) is 0.438. The number of hydrogen-bond donors (Lipinski definition) is 2. The Kier molecular flexibility index (Phi) is 11.5. The second kappa shape index (κ2) is 14.6. The molecular formula is C32H36F6N4O5. The molecule has 0 bridgehead atoms.